The van der Waals surface area contributed by atoms with Crippen molar-refractivity contribution in [1.29, 1.82) is 0 Å². The second-order valence-electron chi connectivity index (χ2n) is 7.32. The molecule has 26 heavy (non-hydrogen) atoms. The highest BCUT2D eigenvalue weighted by Crippen LogP contribution is 2.26. The molecule has 0 aromatic carbocycles. The Morgan fingerprint density at radius 1 is 1.23 bits per heavy atom. The molecule has 2 aromatic rings. The molecule has 1 amide bonds. The van der Waals surface area contributed by atoms with Gasteiger partial charge in [-0.3, -0.25) is 4.79 Å². The van der Waals surface area contributed by atoms with E-state index in [2.05, 4.69) is 22.5 Å². The van der Waals surface area contributed by atoms with E-state index in [9.17, 15) is 4.79 Å². The number of nitrogens with zero attached hydrogens (tertiary/aromatic N) is 1. The van der Waals surface area contributed by atoms with Gasteiger partial charge in [0.15, 0.2) is 5.76 Å². The van der Waals surface area contributed by atoms with E-state index in [4.69, 9.17) is 4.42 Å². The first kappa shape index (κ1) is 18.6. The summed E-state index contributed by atoms with van der Waals surface area (Å²) in [6.45, 7) is 2.94. The Labute approximate surface area is 155 Å². The molecule has 2 aromatic heterocycles. The molecule has 2 heterocycles. The fourth-order valence-electron chi connectivity index (χ4n) is 3.74. The lowest BCUT2D eigenvalue weighted by molar-refractivity contribution is 0.0996. The molecule has 0 saturated heterocycles. The Bertz CT molecular complexity index is 676. The van der Waals surface area contributed by atoms with Crippen LogP contribution in [-0.4, -0.2) is 16.9 Å². The SMILES string of the molecule is CC(CC1CCCCCC1)NCc1cccnc1NC(=O)c1ccco1. The molecule has 0 spiro atoms. The average Bonchev–Trinajstić information content (AvgIpc) is 3.07. The van der Waals surface area contributed by atoms with Crippen LogP contribution < -0.4 is 10.6 Å². The second-order valence-corrected chi connectivity index (χ2v) is 7.32. The van der Waals surface area contributed by atoms with E-state index in [-0.39, 0.29) is 11.7 Å². The highest BCUT2D eigenvalue weighted by Gasteiger charge is 2.16. The quantitative estimate of drug-likeness (QED) is 0.702. The molecule has 140 valence electrons. The summed E-state index contributed by atoms with van der Waals surface area (Å²) in [7, 11) is 0. The average molecular weight is 355 g/mol. The molecule has 0 radical (unpaired) electrons. The monoisotopic (exact) mass is 355 g/mol. The molecule has 0 bridgehead atoms. The zero-order valence-corrected chi connectivity index (χ0v) is 15.5. The lowest BCUT2D eigenvalue weighted by Crippen LogP contribution is -2.28. The van der Waals surface area contributed by atoms with Crippen molar-refractivity contribution in [2.45, 2.75) is 64.5 Å². The summed E-state index contributed by atoms with van der Waals surface area (Å²) in [5, 5.41) is 6.44. The van der Waals surface area contributed by atoms with Gasteiger partial charge in [0.1, 0.15) is 5.82 Å². The molecule has 5 heteroatoms. The van der Waals surface area contributed by atoms with Gasteiger partial charge in [-0.1, -0.05) is 44.6 Å². The Hall–Kier alpha value is -2.14. The van der Waals surface area contributed by atoms with Gasteiger partial charge in [0.2, 0.25) is 0 Å². The van der Waals surface area contributed by atoms with Crippen molar-refractivity contribution in [2.75, 3.05) is 5.32 Å². The van der Waals surface area contributed by atoms with Crippen molar-refractivity contribution in [1.82, 2.24) is 10.3 Å². The van der Waals surface area contributed by atoms with E-state index in [0.29, 0.717) is 18.4 Å². The normalized spacial score (nSPS) is 16.8. The van der Waals surface area contributed by atoms with Gasteiger partial charge >= 0.3 is 0 Å². The van der Waals surface area contributed by atoms with Crippen LogP contribution in [0.5, 0.6) is 0 Å². The van der Waals surface area contributed by atoms with Crippen LogP contribution in [0.1, 0.15) is 68.0 Å². The highest BCUT2D eigenvalue weighted by molar-refractivity contribution is 6.01. The maximum atomic E-state index is 12.2. The van der Waals surface area contributed by atoms with Crippen LogP contribution in [0, 0.1) is 5.92 Å². The lowest BCUT2D eigenvalue weighted by Gasteiger charge is -2.21. The Kier molecular flexibility index (Phi) is 6.83. The largest absolute Gasteiger partial charge is 0.459 e. The van der Waals surface area contributed by atoms with Gasteiger partial charge in [0.05, 0.1) is 6.26 Å². The second kappa shape index (κ2) is 9.53. The summed E-state index contributed by atoms with van der Waals surface area (Å²) in [5.41, 5.74) is 0.986. The molecule has 3 rings (SSSR count). The highest BCUT2D eigenvalue weighted by atomic mass is 16.3. The Morgan fingerprint density at radius 3 is 2.77 bits per heavy atom. The fourth-order valence-corrected chi connectivity index (χ4v) is 3.74. The molecule has 0 aliphatic heterocycles. The van der Waals surface area contributed by atoms with E-state index in [0.717, 1.165) is 11.5 Å². The number of furan rings is 1. The van der Waals surface area contributed by atoms with Crippen molar-refractivity contribution in [2.24, 2.45) is 5.92 Å². The molecule has 1 saturated carbocycles. The van der Waals surface area contributed by atoms with Gasteiger partial charge in [0.25, 0.3) is 5.91 Å². The third-order valence-corrected chi connectivity index (χ3v) is 5.17. The van der Waals surface area contributed by atoms with Gasteiger partial charge in [0, 0.05) is 24.3 Å². The summed E-state index contributed by atoms with van der Waals surface area (Å²) < 4.78 is 5.14. The number of carbonyl (C=O) groups is 1. The Morgan fingerprint density at radius 2 is 2.04 bits per heavy atom. The number of hydrogen-bond donors (Lipinski definition) is 2. The molecule has 1 atom stereocenters. The molecule has 1 unspecified atom stereocenters. The number of rotatable bonds is 7. The molecule has 1 aliphatic carbocycles. The van der Waals surface area contributed by atoms with Crippen LogP contribution in [0.4, 0.5) is 5.82 Å². The first-order valence-electron chi connectivity index (χ1n) is 9.74. The van der Waals surface area contributed by atoms with Crippen LogP contribution in [0.15, 0.2) is 41.1 Å². The zero-order chi connectivity index (χ0) is 18.2. The molecule has 1 fully saturated rings. The van der Waals surface area contributed by atoms with E-state index in [1.165, 1.54) is 51.2 Å². The zero-order valence-electron chi connectivity index (χ0n) is 15.5. The molecule has 5 nitrogen and oxygen atoms in total. The number of nitrogens with one attached hydrogen (secondary N) is 2. The maximum absolute atomic E-state index is 12.2. The van der Waals surface area contributed by atoms with Crippen molar-refractivity contribution < 1.29 is 9.21 Å². The third-order valence-electron chi connectivity index (χ3n) is 5.17. The number of hydrogen-bond acceptors (Lipinski definition) is 4. The third kappa shape index (κ3) is 5.43. The minimum Gasteiger partial charge on any atom is -0.459 e. The minimum absolute atomic E-state index is 0.276. The fraction of sp³-hybridized carbons (Fsp3) is 0.524. The first-order valence-corrected chi connectivity index (χ1v) is 9.74. The number of anilines is 1. The predicted octanol–water partition coefficient (Wildman–Crippen LogP) is 4.77. The summed E-state index contributed by atoms with van der Waals surface area (Å²) in [4.78, 5) is 16.5. The van der Waals surface area contributed by atoms with E-state index >= 15 is 0 Å². The summed E-state index contributed by atoms with van der Waals surface area (Å²) in [6.07, 6.45) is 12.7. The predicted molar refractivity (Wildman–Crippen MR) is 103 cm³/mol. The smallest absolute Gasteiger partial charge is 0.292 e. The molecular formula is C21H29N3O2. The van der Waals surface area contributed by atoms with Crippen molar-refractivity contribution in [3.05, 3.63) is 48.0 Å². The van der Waals surface area contributed by atoms with Crippen LogP contribution >= 0.6 is 0 Å². The van der Waals surface area contributed by atoms with Crippen molar-refractivity contribution >= 4 is 11.7 Å². The standard InChI is InChI=1S/C21H29N3O2/c1-16(14-17-8-4-2-3-5-9-17)23-15-18-10-6-12-22-20(18)24-21(25)19-11-7-13-26-19/h6-7,10-13,16-17,23H,2-5,8-9,14-15H2,1H3,(H,22,24,25). The van der Waals surface area contributed by atoms with E-state index in [1.54, 1.807) is 18.3 Å². The number of pyridine rings is 1. The van der Waals surface area contributed by atoms with Crippen molar-refractivity contribution in [3.63, 3.8) is 0 Å². The van der Waals surface area contributed by atoms with Crippen LogP contribution in [0.2, 0.25) is 0 Å². The number of aromatic nitrogens is 1. The van der Waals surface area contributed by atoms with Crippen LogP contribution in [0.3, 0.4) is 0 Å². The van der Waals surface area contributed by atoms with Gasteiger partial charge < -0.3 is 15.1 Å². The van der Waals surface area contributed by atoms with Gasteiger partial charge in [-0.25, -0.2) is 4.98 Å². The maximum Gasteiger partial charge on any atom is 0.292 e. The van der Waals surface area contributed by atoms with E-state index in [1.807, 2.05) is 12.1 Å². The molecule has 2 N–H and O–H groups in total. The minimum atomic E-state index is -0.276. The first-order chi connectivity index (χ1) is 12.7. The van der Waals surface area contributed by atoms with Gasteiger partial charge in [-0.15, -0.1) is 0 Å². The summed E-state index contributed by atoms with van der Waals surface area (Å²) in [5.74, 6) is 1.44. The number of amides is 1. The Balaban J connectivity index is 1.53. The molecular weight excluding hydrogens is 326 g/mol. The summed E-state index contributed by atoms with van der Waals surface area (Å²) in [6, 6.07) is 7.69. The van der Waals surface area contributed by atoms with Crippen molar-refractivity contribution in [3.8, 4) is 0 Å². The van der Waals surface area contributed by atoms with Gasteiger partial charge in [-0.2, -0.15) is 0 Å². The van der Waals surface area contributed by atoms with Crippen LogP contribution in [0.25, 0.3) is 0 Å². The topological polar surface area (TPSA) is 67.2 Å². The number of carbonyl (C=O) groups excluding carboxylic acids is 1. The molecule has 1 aliphatic rings. The van der Waals surface area contributed by atoms with Gasteiger partial charge in [-0.05, 0) is 37.5 Å². The summed E-state index contributed by atoms with van der Waals surface area (Å²) >= 11 is 0. The van der Waals surface area contributed by atoms with Crippen LogP contribution in [-0.2, 0) is 6.54 Å². The van der Waals surface area contributed by atoms with E-state index < -0.39 is 0 Å². The lowest BCUT2D eigenvalue weighted by atomic mass is 9.93.